The summed E-state index contributed by atoms with van der Waals surface area (Å²) in [5.74, 6) is -0.183. The Bertz CT molecular complexity index is 2390. The number of anilines is 1. The molecule has 0 heterocycles. The summed E-state index contributed by atoms with van der Waals surface area (Å²) in [5.41, 5.74) is 8.73. The fourth-order valence-electron chi connectivity index (χ4n) is 4.50. The van der Waals surface area contributed by atoms with Crippen LogP contribution in [-0.2, 0) is 20.2 Å². The second kappa shape index (κ2) is 13.2. The van der Waals surface area contributed by atoms with Crippen LogP contribution in [0.5, 0.6) is 11.5 Å². The predicted octanol–water partition coefficient (Wildman–Crippen LogP) is 8.49. The minimum Gasteiger partial charge on any atom is -0.505 e. The minimum atomic E-state index is -4.77. The number of ether oxygens (including phenoxy) is 1. The molecule has 0 aliphatic heterocycles. The molecule has 0 amide bonds. The number of hydrogen-bond acceptors (Lipinski definition) is 13. The van der Waals surface area contributed by atoms with Crippen molar-refractivity contribution in [2.45, 2.75) is 23.6 Å². The summed E-state index contributed by atoms with van der Waals surface area (Å²) < 4.78 is 71.5. The lowest BCUT2D eigenvalue weighted by molar-refractivity contribution is 0.416. The number of benzene rings is 5. The van der Waals surface area contributed by atoms with Gasteiger partial charge in [-0.05, 0) is 91.0 Å². The fraction of sp³-hybridized carbons (Fsp3) is 0.0968. The number of fused-ring (bicyclic) bond motifs is 1. The number of aromatic hydroxyl groups is 1. The molecule has 0 radical (unpaired) electrons. The van der Waals surface area contributed by atoms with E-state index in [9.17, 15) is 31.0 Å². The maximum Gasteiger partial charge on any atom is 0.296 e. The van der Waals surface area contributed by atoms with Crippen molar-refractivity contribution in [1.82, 2.24) is 0 Å². The van der Waals surface area contributed by atoms with Crippen molar-refractivity contribution in [2.24, 2.45) is 30.7 Å². The van der Waals surface area contributed by atoms with Gasteiger partial charge in [0.1, 0.15) is 22.0 Å². The SMILES string of the molecule is COc1cc(N=Nc2cccc(S(=O)(=O)O)c2)ccc1N=Nc1cc(C)c(N=Nc2c(S(=O)(=O)O)cc3ccc(N)cc3c2O)cc1C. The summed E-state index contributed by atoms with van der Waals surface area (Å²) in [6.45, 7) is 3.48. The highest BCUT2D eigenvalue weighted by atomic mass is 32.2. The van der Waals surface area contributed by atoms with Gasteiger partial charge >= 0.3 is 0 Å². The molecule has 15 nitrogen and oxygen atoms in total. The molecule has 5 rings (SSSR count). The smallest absolute Gasteiger partial charge is 0.296 e. The van der Waals surface area contributed by atoms with Crippen LogP contribution in [0.3, 0.4) is 0 Å². The predicted molar refractivity (Wildman–Crippen MR) is 178 cm³/mol. The number of azo groups is 3. The van der Waals surface area contributed by atoms with E-state index in [2.05, 4.69) is 30.7 Å². The lowest BCUT2D eigenvalue weighted by atomic mass is 10.1. The maximum absolute atomic E-state index is 12.1. The largest absolute Gasteiger partial charge is 0.505 e. The van der Waals surface area contributed by atoms with E-state index in [0.717, 1.165) is 0 Å². The van der Waals surface area contributed by atoms with Crippen LogP contribution in [0.1, 0.15) is 11.1 Å². The lowest BCUT2D eigenvalue weighted by Gasteiger charge is -2.10. The van der Waals surface area contributed by atoms with E-state index in [-0.39, 0.29) is 16.0 Å². The standard InChI is InChI=1S/C31H27N7O8S2/c1-17-12-27(37-38-30-29(48(43,44)45)13-19-7-8-20(32)14-24(19)31(30)39)18(2)11-26(17)36-35-25-10-9-22(16-28(25)46-3)34-33-21-5-4-6-23(15-21)47(40,41)42/h4-16,39H,32H2,1-3H3,(H,40,41,42)(H,43,44,45). The van der Waals surface area contributed by atoms with Gasteiger partial charge in [-0.15, -0.1) is 10.2 Å². The molecule has 0 atom stereocenters. The molecule has 17 heteroatoms. The Kier molecular flexibility index (Phi) is 9.31. The number of phenols is 1. The van der Waals surface area contributed by atoms with Crippen LogP contribution in [0, 0.1) is 13.8 Å². The third kappa shape index (κ3) is 7.50. The van der Waals surface area contributed by atoms with Crippen LogP contribution < -0.4 is 10.5 Å². The number of hydrogen-bond donors (Lipinski definition) is 4. The molecule has 5 aromatic carbocycles. The summed E-state index contributed by atoms with van der Waals surface area (Å²) in [4.78, 5) is -0.927. The zero-order valence-electron chi connectivity index (χ0n) is 25.5. The number of phenolic OH excluding ortho intramolecular Hbond substituents is 1. The number of aryl methyl sites for hydroxylation is 2. The summed E-state index contributed by atoms with van der Waals surface area (Å²) in [7, 11) is -7.72. The first-order valence-electron chi connectivity index (χ1n) is 13.8. The van der Waals surface area contributed by atoms with Gasteiger partial charge in [-0.25, -0.2) is 0 Å². The number of nitrogens with two attached hydrogens (primary N) is 1. The molecule has 246 valence electrons. The van der Waals surface area contributed by atoms with Gasteiger partial charge in [0.2, 0.25) is 0 Å². The average molecular weight is 690 g/mol. The van der Waals surface area contributed by atoms with Crippen LogP contribution >= 0.6 is 0 Å². The highest BCUT2D eigenvalue weighted by molar-refractivity contribution is 7.86. The number of nitrogen functional groups attached to an aromatic ring is 1. The number of rotatable bonds is 9. The topological polar surface area (TPSA) is 238 Å². The van der Waals surface area contributed by atoms with Gasteiger partial charge in [-0.3, -0.25) is 9.11 Å². The molecular formula is C31H27N7O8S2. The van der Waals surface area contributed by atoms with Crippen LogP contribution in [0.4, 0.5) is 39.8 Å². The normalized spacial score (nSPS) is 12.5. The van der Waals surface area contributed by atoms with Gasteiger partial charge < -0.3 is 15.6 Å². The second-order valence-electron chi connectivity index (χ2n) is 10.4. The van der Waals surface area contributed by atoms with Gasteiger partial charge in [0, 0.05) is 17.1 Å². The quantitative estimate of drug-likeness (QED) is 0.0658. The highest BCUT2D eigenvalue weighted by Crippen LogP contribution is 2.42. The third-order valence-electron chi connectivity index (χ3n) is 6.95. The Balaban J connectivity index is 1.41. The van der Waals surface area contributed by atoms with Crippen LogP contribution in [0.25, 0.3) is 10.8 Å². The van der Waals surface area contributed by atoms with Crippen molar-refractivity contribution in [2.75, 3.05) is 12.8 Å². The average Bonchev–Trinajstić information content (AvgIpc) is 3.03. The van der Waals surface area contributed by atoms with E-state index < -0.39 is 36.6 Å². The van der Waals surface area contributed by atoms with Crippen LogP contribution in [-0.4, -0.2) is 38.2 Å². The van der Waals surface area contributed by atoms with Crippen molar-refractivity contribution in [3.05, 3.63) is 90.0 Å². The summed E-state index contributed by atoms with van der Waals surface area (Å²) in [6.07, 6.45) is 0. The maximum atomic E-state index is 12.1. The molecule has 0 saturated carbocycles. The van der Waals surface area contributed by atoms with Gasteiger partial charge in [0.15, 0.2) is 5.75 Å². The third-order valence-corrected chi connectivity index (χ3v) is 8.67. The van der Waals surface area contributed by atoms with Gasteiger partial charge in [-0.2, -0.15) is 37.3 Å². The number of methoxy groups -OCH3 is 1. The van der Waals surface area contributed by atoms with E-state index in [4.69, 9.17) is 10.5 Å². The van der Waals surface area contributed by atoms with E-state index in [1.807, 2.05) is 0 Å². The van der Waals surface area contributed by atoms with Crippen molar-refractivity contribution in [3.63, 3.8) is 0 Å². The highest BCUT2D eigenvalue weighted by Gasteiger charge is 2.22. The molecule has 0 saturated heterocycles. The van der Waals surface area contributed by atoms with Crippen LogP contribution in [0.15, 0.2) is 119 Å². The first kappa shape index (κ1) is 33.7. The van der Waals surface area contributed by atoms with Gasteiger partial charge in [0.25, 0.3) is 20.2 Å². The van der Waals surface area contributed by atoms with E-state index >= 15 is 0 Å². The Labute approximate surface area is 274 Å². The molecule has 0 bridgehead atoms. The molecule has 5 aromatic rings. The van der Waals surface area contributed by atoms with Crippen LogP contribution in [0.2, 0.25) is 0 Å². The van der Waals surface area contributed by atoms with Gasteiger partial charge in [-0.1, -0.05) is 12.1 Å². The number of nitrogens with zero attached hydrogens (tertiary/aromatic N) is 6. The Hall–Kier alpha value is -5.62. The van der Waals surface area contributed by atoms with Crippen molar-refractivity contribution in [3.8, 4) is 11.5 Å². The zero-order chi connectivity index (χ0) is 34.8. The fourth-order valence-corrected chi connectivity index (χ4v) is 5.68. The molecule has 0 aliphatic carbocycles. The molecule has 48 heavy (non-hydrogen) atoms. The van der Waals surface area contributed by atoms with Gasteiger partial charge in [0.05, 0.1) is 34.8 Å². The molecule has 0 aliphatic rings. The minimum absolute atomic E-state index is 0.208. The first-order chi connectivity index (χ1) is 22.6. The Morgan fingerprint density at radius 3 is 1.92 bits per heavy atom. The molecule has 0 fully saturated rings. The zero-order valence-corrected chi connectivity index (χ0v) is 27.1. The molecular weight excluding hydrogens is 663 g/mol. The Morgan fingerprint density at radius 2 is 1.29 bits per heavy atom. The first-order valence-corrected chi connectivity index (χ1v) is 16.7. The molecule has 0 spiro atoms. The lowest BCUT2D eigenvalue weighted by Crippen LogP contribution is -1.99. The van der Waals surface area contributed by atoms with E-state index in [1.54, 1.807) is 44.2 Å². The van der Waals surface area contributed by atoms with Crippen molar-refractivity contribution < 1.29 is 35.8 Å². The molecule has 0 aromatic heterocycles. The van der Waals surface area contributed by atoms with E-state index in [1.165, 1.54) is 55.6 Å². The van der Waals surface area contributed by atoms with Crippen molar-refractivity contribution >= 4 is 70.8 Å². The second-order valence-corrected chi connectivity index (χ2v) is 13.2. The van der Waals surface area contributed by atoms with E-state index in [0.29, 0.717) is 50.7 Å². The summed E-state index contributed by atoms with van der Waals surface area (Å²) >= 11 is 0. The summed E-state index contributed by atoms with van der Waals surface area (Å²) in [5, 5.41) is 36.3. The molecule has 5 N–H and O–H groups in total. The Morgan fingerprint density at radius 1 is 0.667 bits per heavy atom. The monoisotopic (exact) mass is 689 g/mol. The van der Waals surface area contributed by atoms with Crippen molar-refractivity contribution in [1.29, 1.82) is 0 Å². The summed E-state index contributed by atoms with van der Waals surface area (Å²) in [6, 6.07) is 19.1. The molecule has 0 unspecified atom stereocenters.